The zero-order valence-corrected chi connectivity index (χ0v) is 24.7. The van der Waals surface area contributed by atoms with Crippen molar-refractivity contribution in [1.29, 1.82) is 0 Å². The zero-order valence-electron chi connectivity index (χ0n) is 24.7. The van der Waals surface area contributed by atoms with E-state index in [4.69, 9.17) is 34.2 Å². The average molecular weight is 570 g/mol. The summed E-state index contributed by atoms with van der Waals surface area (Å²) >= 11 is 0. The molecule has 0 spiro atoms. The first kappa shape index (κ1) is 34.5. The lowest BCUT2D eigenvalue weighted by Gasteiger charge is -2.32. The van der Waals surface area contributed by atoms with Crippen molar-refractivity contribution in [2.45, 2.75) is 111 Å². The van der Waals surface area contributed by atoms with E-state index in [9.17, 15) is 24.3 Å². The summed E-state index contributed by atoms with van der Waals surface area (Å²) in [6.45, 7) is 15.3. The molecular formula is C28H43NO11. The highest BCUT2D eigenvalue weighted by atomic mass is 16.8. The maximum Gasteiger partial charge on any atom is 0.514 e. The molecule has 0 saturated heterocycles. The number of benzene rings is 1. The maximum atomic E-state index is 12.4. The van der Waals surface area contributed by atoms with Gasteiger partial charge in [-0.25, -0.2) is 14.4 Å². The number of carbonyl (C=O) groups excluding carboxylic acids is 3. The molecule has 0 amide bonds. The molecule has 5 unspecified atom stereocenters. The lowest BCUT2D eigenvalue weighted by atomic mass is 9.79. The third-order valence-corrected chi connectivity index (χ3v) is 6.13. The van der Waals surface area contributed by atoms with Gasteiger partial charge in [0.2, 0.25) is 0 Å². The highest BCUT2D eigenvalue weighted by Gasteiger charge is 2.36. The van der Waals surface area contributed by atoms with E-state index in [2.05, 4.69) is 0 Å². The van der Waals surface area contributed by atoms with Crippen molar-refractivity contribution < 1.29 is 52.7 Å². The minimum Gasteiger partial charge on any atom is -0.480 e. The summed E-state index contributed by atoms with van der Waals surface area (Å²) in [6.07, 6.45) is -3.61. The summed E-state index contributed by atoms with van der Waals surface area (Å²) in [7, 11) is 0. The van der Waals surface area contributed by atoms with Gasteiger partial charge in [0.05, 0.1) is 0 Å². The van der Waals surface area contributed by atoms with E-state index in [1.54, 1.807) is 48.5 Å². The second-order valence-electron chi connectivity index (χ2n) is 10.6. The largest absolute Gasteiger partial charge is 0.514 e. The van der Waals surface area contributed by atoms with E-state index < -0.39 is 66.2 Å². The summed E-state index contributed by atoms with van der Waals surface area (Å²) in [4.78, 5) is 48.9. The van der Waals surface area contributed by atoms with Gasteiger partial charge in [-0.05, 0) is 72.1 Å². The summed E-state index contributed by atoms with van der Waals surface area (Å²) < 4.78 is 31.5. The Morgan fingerprint density at radius 3 is 1.77 bits per heavy atom. The van der Waals surface area contributed by atoms with Crippen LogP contribution >= 0.6 is 0 Å². The molecule has 0 aromatic heterocycles. The molecule has 0 saturated carbocycles. The number of rotatable bonds is 12. The van der Waals surface area contributed by atoms with Crippen LogP contribution in [0, 0.1) is 5.92 Å². The molecule has 6 atom stereocenters. The van der Waals surface area contributed by atoms with Crippen LogP contribution < -0.4 is 15.2 Å². The van der Waals surface area contributed by atoms with Crippen molar-refractivity contribution in [3.05, 3.63) is 23.8 Å². The normalized spacial score (nSPS) is 15.8. The molecule has 0 aliphatic rings. The number of hydrogen-bond acceptors (Lipinski definition) is 11. The van der Waals surface area contributed by atoms with Crippen LogP contribution in [-0.4, -0.2) is 59.5 Å². The third kappa shape index (κ3) is 11.3. The smallest absolute Gasteiger partial charge is 0.480 e. The minimum atomic E-state index is -1.44. The van der Waals surface area contributed by atoms with E-state index >= 15 is 0 Å². The van der Waals surface area contributed by atoms with Crippen molar-refractivity contribution in [3.8, 4) is 11.5 Å². The van der Waals surface area contributed by atoms with Crippen molar-refractivity contribution in [2.24, 2.45) is 11.7 Å². The monoisotopic (exact) mass is 569 g/mol. The lowest BCUT2D eigenvalue weighted by molar-refractivity contribution is -0.139. The summed E-state index contributed by atoms with van der Waals surface area (Å²) in [5.74, 6) is -3.28. The van der Waals surface area contributed by atoms with Crippen molar-refractivity contribution >= 4 is 24.4 Å². The molecule has 0 heterocycles. The molecule has 1 rings (SSSR count). The van der Waals surface area contributed by atoms with Crippen LogP contribution in [0.3, 0.4) is 0 Å². The summed E-state index contributed by atoms with van der Waals surface area (Å²) in [6, 6.07) is 2.69. The maximum absolute atomic E-state index is 12.4. The van der Waals surface area contributed by atoms with Crippen LogP contribution in [0.1, 0.15) is 86.6 Å². The highest BCUT2D eigenvalue weighted by molar-refractivity contribution is 5.75. The van der Waals surface area contributed by atoms with Gasteiger partial charge in [-0.15, -0.1) is 0 Å². The standard InChI is InChI=1S/C28H43NO11/c1-10-15(3)35-25(32)38-20-13-12-19(14-21(20)39-26(33)36-16(4)11-2)22(23(29)24(30)31)17(5)18(6)37-27(34)40-28(7,8)9/h12-18,22-23H,10-11,29H2,1-9H3,(H,30,31)/t15?,16?,17?,18?,22?,23-/m0/s1. The molecule has 3 N–H and O–H groups in total. The molecular weight excluding hydrogens is 526 g/mol. The van der Waals surface area contributed by atoms with Crippen LogP contribution in [0.5, 0.6) is 11.5 Å². The fourth-order valence-electron chi connectivity index (χ4n) is 3.44. The Labute approximate surface area is 235 Å². The zero-order chi connectivity index (χ0) is 30.8. The molecule has 226 valence electrons. The summed E-state index contributed by atoms with van der Waals surface area (Å²) in [5.41, 5.74) is 5.60. The lowest BCUT2D eigenvalue weighted by Crippen LogP contribution is -2.43. The Morgan fingerprint density at radius 2 is 1.32 bits per heavy atom. The molecule has 0 bridgehead atoms. The molecule has 1 aromatic rings. The van der Waals surface area contributed by atoms with Gasteiger partial charge in [0.1, 0.15) is 30.0 Å². The van der Waals surface area contributed by atoms with Gasteiger partial charge in [-0.1, -0.05) is 26.8 Å². The first-order chi connectivity index (χ1) is 18.5. The fourth-order valence-corrected chi connectivity index (χ4v) is 3.44. The van der Waals surface area contributed by atoms with Crippen molar-refractivity contribution in [2.75, 3.05) is 0 Å². The quantitative estimate of drug-likeness (QED) is 0.177. The fraction of sp³-hybridized carbons (Fsp3) is 0.643. The molecule has 1 aromatic carbocycles. The highest BCUT2D eigenvalue weighted by Crippen LogP contribution is 2.37. The Morgan fingerprint density at radius 1 is 0.825 bits per heavy atom. The first-order valence-corrected chi connectivity index (χ1v) is 13.3. The van der Waals surface area contributed by atoms with Gasteiger partial charge in [-0.3, -0.25) is 4.79 Å². The van der Waals surface area contributed by atoms with Crippen LogP contribution in [0.4, 0.5) is 14.4 Å². The molecule has 40 heavy (non-hydrogen) atoms. The number of nitrogens with two attached hydrogens (primary N) is 1. The number of carboxylic acid groups (broad SMARTS) is 1. The SMILES string of the molecule is CCC(C)OC(=O)Oc1ccc(C(C(C)C(C)OC(=O)OC(C)(C)C)[C@H](N)C(=O)O)cc1OC(=O)OC(C)CC. The second-order valence-corrected chi connectivity index (χ2v) is 10.6. The van der Waals surface area contributed by atoms with Crippen molar-refractivity contribution in [1.82, 2.24) is 0 Å². The first-order valence-electron chi connectivity index (χ1n) is 13.3. The Kier molecular flexibility index (Phi) is 13.2. The molecule has 12 heteroatoms. The number of aliphatic carboxylic acids is 1. The topological polar surface area (TPSA) is 170 Å². The van der Waals surface area contributed by atoms with Gasteiger partial charge in [0.15, 0.2) is 11.5 Å². The van der Waals surface area contributed by atoms with Crippen LogP contribution in [0.2, 0.25) is 0 Å². The Hall–Kier alpha value is -3.54. The number of carbonyl (C=O) groups is 4. The van der Waals surface area contributed by atoms with Crippen LogP contribution in [-0.2, 0) is 23.7 Å². The van der Waals surface area contributed by atoms with Crippen molar-refractivity contribution in [3.63, 3.8) is 0 Å². The van der Waals surface area contributed by atoms with Gasteiger partial charge in [-0.2, -0.15) is 0 Å². The van der Waals surface area contributed by atoms with E-state index in [-0.39, 0.29) is 11.5 Å². The molecule has 0 fully saturated rings. The molecule has 0 aliphatic heterocycles. The van der Waals surface area contributed by atoms with Gasteiger partial charge < -0.3 is 39.3 Å². The van der Waals surface area contributed by atoms with Gasteiger partial charge >= 0.3 is 24.4 Å². The molecule has 12 nitrogen and oxygen atoms in total. The number of ether oxygens (including phenoxy) is 6. The predicted octanol–water partition coefficient (Wildman–Crippen LogP) is 5.79. The molecule has 0 radical (unpaired) electrons. The second kappa shape index (κ2) is 15.3. The average Bonchev–Trinajstić information content (AvgIpc) is 2.83. The van der Waals surface area contributed by atoms with Crippen LogP contribution in [0.25, 0.3) is 0 Å². The minimum absolute atomic E-state index is 0.161. The van der Waals surface area contributed by atoms with E-state index in [1.165, 1.54) is 18.2 Å². The third-order valence-electron chi connectivity index (χ3n) is 6.13. The Balaban J connectivity index is 3.45. The molecule has 0 aliphatic carbocycles. The van der Waals surface area contributed by atoms with Gasteiger partial charge in [0, 0.05) is 11.8 Å². The predicted molar refractivity (Wildman–Crippen MR) is 144 cm³/mol. The van der Waals surface area contributed by atoms with E-state index in [1.807, 2.05) is 13.8 Å². The van der Waals surface area contributed by atoms with Crippen LogP contribution in [0.15, 0.2) is 18.2 Å². The Bertz CT molecular complexity index is 1020. The van der Waals surface area contributed by atoms with E-state index in [0.29, 0.717) is 18.4 Å². The van der Waals surface area contributed by atoms with Gasteiger partial charge in [0.25, 0.3) is 0 Å². The van der Waals surface area contributed by atoms with E-state index in [0.717, 1.165) is 0 Å². The summed E-state index contributed by atoms with van der Waals surface area (Å²) in [5, 5.41) is 9.75. The number of carboxylic acids is 1. The number of hydrogen-bond donors (Lipinski definition) is 2.